The molecule has 0 saturated heterocycles. The molecule has 0 unspecified atom stereocenters. The number of ether oxygens (including phenoxy) is 2. The molecule has 0 aliphatic heterocycles. The third kappa shape index (κ3) is 4.75. The first-order valence-corrected chi connectivity index (χ1v) is 7.72. The average molecular weight is 324 g/mol. The zero-order chi connectivity index (χ0) is 17.4. The molecule has 24 heavy (non-hydrogen) atoms. The van der Waals surface area contributed by atoms with Gasteiger partial charge in [-0.1, -0.05) is 19.0 Å². The molecule has 0 aromatic heterocycles. The van der Waals surface area contributed by atoms with Gasteiger partial charge in [0.1, 0.15) is 24.7 Å². The fraction of sp³-hybridized carbons (Fsp3) is 0.263. The summed E-state index contributed by atoms with van der Waals surface area (Å²) in [6.07, 6.45) is 0. The summed E-state index contributed by atoms with van der Waals surface area (Å²) in [7, 11) is 0. The molecule has 1 N–H and O–H groups in total. The lowest BCUT2D eigenvalue weighted by Gasteiger charge is -2.11. The SMILES string of the molecule is CC(C)C(=NO)c1ccc(OCCOc2ccc(C#N)cc2)cc1. The van der Waals surface area contributed by atoms with Crippen LogP contribution in [-0.4, -0.2) is 24.1 Å². The highest BCUT2D eigenvalue weighted by Crippen LogP contribution is 2.16. The van der Waals surface area contributed by atoms with Gasteiger partial charge >= 0.3 is 0 Å². The van der Waals surface area contributed by atoms with Crippen molar-refractivity contribution in [2.75, 3.05) is 13.2 Å². The molecule has 5 heteroatoms. The topological polar surface area (TPSA) is 74.8 Å². The Morgan fingerprint density at radius 3 is 1.92 bits per heavy atom. The van der Waals surface area contributed by atoms with Gasteiger partial charge in [-0.05, 0) is 60.0 Å². The zero-order valence-corrected chi connectivity index (χ0v) is 13.8. The average Bonchev–Trinajstić information content (AvgIpc) is 2.61. The number of nitrogens with zero attached hydrogens (tertiary/aromatic N) is 2. The Morgan fingerprint density at radius 2 is 1.50 bits per heavy atom. The van der Waals surface area contributed by atoms with E-state index in [1.807, 2.05) is 38.1 Å². The molecule has 0 spiro atoms. The van der Waals surface area contributed by atoms with E-state index in [0.29, 0.717) is 30.2 Å². The van der Waals surface area contributed by atoms with Crippen LogP contribution >= 0.6 is 0 Å². The van der Waals surface area contributed by atoms with Crippen LogP contribution in [0, 0.1) is 17.2 Å². The van der Waals surface area contributed by atoms with Crippen LogP contribution in [-0.2, 0) is 0 Å². The van der Waals surface area contributed by atoms with Gasteiger partial charge in [0.2, 0.25) is 0 Å². The first kappa shape index (κ1) is 17.4. The summed E-state index contributed by atoms with van der Waals surface area (Å²) in [4.78, 5) is 0. The van der Waals surface area contributed by atoms with Crippen LogP contribution < -0.4 is 9.47 Å². The first-order valence-electron chi connectivity index (χ1n) is 7.72. The Bertz CT molecular complexity index is 714. The number of hydrogen-bond acceptors (Lipinski definition) is 5. The summed E-state index contributed by atoms with van der Waals surface area (Å²) >= 11 is 0. The summed E-state index contributed by atoms with van der Waals surface area (Å²) < 4.78 is 11.2. The second-order valence-electron chi connectivity index (χ2n) is 5.50. The van der Waals surface area contributed by atoms with Crippen molar-refractivity contribution in [1.82, 2.24) is 0 Å². The lowest BCUT2D eigenvalue weighted by Crippen LogP contribution is -2.10. The van der Waals surface area contributed by atoms with Crippen LogP contribution in [0.25, 0.3) is 0 Å². The Labute approximate surface area is 141 Å². The fourth-order valence-corrected chi connectivity index (χ4v) is 2.17. The van der Waals surface area contributed by atoms with Crippen LogP contribution in [0.5, 0.6) is 11.5 Å². The van der Waals surface area contributed by atoms with Gasteiger partial charge in [-0.25, -0.2) is 0 Å². The molecule has 0 fully saturated rings. The molecular formula is C19H20N2O3. The van der Waals surface area contributed by atoms with E-state index in [1.54, 1.807) is 24.3 Å². The third-order valence-corrected chi connectivity index (χ3v) is 3.41. The van der Waals surface area contributed by atoms with Crippen LogP contribution in [0.4, 0.5) is 0 Å². The van der Waals surface area contributed by atoms with Gasteiger partial charge in [-0.15, -0.1) is 0 Å². The molecule has 0 radical (unpaired) electrons. The molecule has 5 nitrogen and oxygen atoms in total. The maximum Gasteiger partial charge on any atom is 0.122 e. The van der Waals surface area contributed by atoms with Crippen molar-refractivity contribution in [3.63, 3.8) is 0 Å². The molecule has 0 aliphatic rings. The molecule has 124 valence electrons. The number of oxime groups is 1. The summed E-state index contributed by atoms with van der Waals surface area (Å²) in [5, 5.41) is 21.1. The largest absolute Gasteiger partial charge is 0.490 e. The Balaban J connectivity index is 1.81. The Hall–Kier alpha value is -3.00. The van der Waals surface area contributed by atoms with E-state index in [0.717, 1.165) is 11.3 Å². The predicted octanol–water partition coefficient (Wildman–Crippen LogP) is 3.85. The van der Waals surface area contributed by atoms with E-state index in [9.17, 15) is 0 Å². The molecule has 2 aromatic rings. The van der Waals surface area contributed by atoms with Gasteiger partial charge in [0, 0.05) is 0 Å². The van der Waals surface area contributed by atoms with E-state index in [2.05, 4.69) is 11.2 Å². The van der Waals surface area contributed by atoms with E-state index in [1.165, 1.54) is 0 Å². The van der Waals surface area contributed by atoms with Crippen molar-refractivity contribution >= 4 is 5.71 Å². The molecule has 0 atom stereocenters. The molecule has 0 saturated carbocycles. The Kier molecular flexibility index (Phi) is 6.21. The molecule has 0 amide bonds. The minimum Gasteiger partial charge on any atom is -0.490 e. The molecule has 2 rings (SSSR count). The molecule has 0 aliphatic carbocycles. The van der Waals surface area contributed by atoms with Crippen molar-refractivity contribution in [1.29, 1.82) is 5.26 Å². The van der Waals surface area contributed by atoms with E-state index in [-0.39, 0.29) is 5.92 Å². The van der Waals surface area contributed by atoms with Crippen molar-refractivity contribution in [2.45, 2.75) is 13.8 Å². The highest BCUT2D eigenvalue weighted by Gasteiger charge is 2.09. The predicted molar refractivity (Wildman–Crippen MR) is 91.8 cm³/mol. The Morgan fingerprint density at radius 1 is 1.00 bits per heavy atom. The van der Waals surface area contributed by atoms with Gasteiger partial charge in [0.15, 0.2) is 0 Å². The summed E-state index contributed by atoms with van der Waals surface area (Å²) in [5.41, 5.74) is 2.12. The number of rotatable bonds is 7. The summed E-state index contributed by atoms with van der Waals surface area (Å²) in [6.45, 7) is 4.76. The maximum absolute atomic E-state index is 9.06. The monoisotopic (exact) mass is 324 g/mol. The minimum atomic E-state index is 0.141. The van der Waals surface area contributed by atoms with Crippen LogP contribution in [0.3, 0.4) is 0 Å². The standard InChI is InChI=1S/C19H20N2O3/c1-14(2)19(21-22)16-5-9-18(10-6-16)24-12-11-23-17-7-3-15(13-20)4-8-17/h3-10,14,22H,11-12H2,1-2H3. The number of nitriles is 1. The van der Waals surface area contributed by atoms with Gasteiger partial charge < -0.3 is 14.7 Å². The van der Waals surface area contributed by atoms with Crippen LogP contribution in [0.2, 0.25) is 0 Å². The number of benzene rings is 2. The second-order valence-corrected chi connectivity index (χ2v) is 5.50. The molecule has 2 aromatic carbocycles. The minimum absolute atomic E-state index is 0.141. The summed E-state index contributed by atoms with van der Waals surface area (Å²) in [6, 6.07) is 16.4. The van der Waals surface area contributed by atoms with Crippen molar-refractivity contribution < 1.29 is 14.7 Å². The van der Waals surface area contributed by atoms with E-state index < -0.39 is 0 Å². The third-order valence-electron chi connectivity index (χ3n) is 3.41. The van der Waals surface area contributed by atoms with Gasteiger partial charge in [-0.3, -0.25) is 0 Å². The van der Waals surface area contributed by atoms with Crippen molar-refractivity contribution in [3.8, 4) is 17.6 Å². The van der Waals surface area contributed by atoms with Crippen molar-refractivity contribution in [3.05, 3.63) is 59.7 Å². The quantitative estimate of drug-likeness (QED) is 0.363. The van der Waals surface area contributed by atoms with Gasteiger partial charge in [-0.2, -0.15) is 5.26 Å². The van der Waals surface area contributed by atoms with Gasteiger partial charge in [0.25, 0.3) is 0 Å². The zero-order valence-electron chi connectivity index (χ0n) is 13.8. The van der Waals surface area contributed by atoms with Crippen LogP contribution in [0.15, 0.2) is 53.7 Å². The summed E-state index contributed by atoms with van der Waals surface area (Å²) in [5.74, 6) is 1.57. The lowest BCUT2D eigenvalue weighted by molar-refractivity contribution is 0.217. The van der Waals surface area contributed by atoms with Crippen LogP contribution in [0.1, 0.15) is 25.0 Å². The smallest absolute Gasteiger partial charge is 0.122 e. The molecule has 0 bridgehead atoms. The second kappa shape index (κ2) is 8.59. The fourth-order valence-electron chi connectivity index (χ4n) is 2.17. The molecule has 0 heterocycles. The first-order chi connectivity index (χ1) is 11.6. The van der Waals surface area contributed by atoms with E-state index in [4.69, 9.17) is 19.9 Å². The van der Waals surface area contributed by atoms with E-state index >= 15 is 0 Å². The maximum atomic E-state index is 9.06. The van der Waals surface area contributed by atoms with Crippen molar-refractivity contribution in [2.24, 2.45) is 11.1 Å². The highest BCUT2D eigenvalue weighted by molar-refractivity contribution is 6.01. The highest BCUT2D eigenvalue weighted by atomic mass is 16.5. The van der Waals surface area contributed by atoms with Gasteiger partial charge in [0.05, 0.1) is 17.3 Å². The number of hydrogen-bond donors (Lipinski definition) is 1. The normalized spacial score (nSPS) is 11.2. The lowest BCUT2D eigenvalue weighted by atomic mass is 10.0. The molecular weight excluding hydrogens is 304 g/mol.